The highest BCUT2D eigenvalue weighted by Crippen LogP contribution is 2.46. The van der Waals surface area contributed by atoms with E-state index < -0.39 is 0 Å². The van der Waals surface area contributed by atoms with Crippen molar-refractivity contribution in [2.45, 2.75) is 39.2 Å². The molecule has 0 aliphatic carbocycles. The number of carbonyl (C=O) groups is 1. The van der Waals surface area contributed by atoms with Crippen LogP contribution in [0.5, 0.6) is 0 Å². The van der Waals surface area contributed by atoms with Crippen LogP contribution in [-0.4, -0.2) is 73.6 Å². The first-order valence-electron chi connectivity index (χ1n) is 10.2. The third-order valence-electron chi connectivity index (χ3n) is 6.64. The molecule has 2 aliphatic heterocycles. The number of hydrogen-bond acceptors (Lipinski definition) is 3. The molecule has 2 fully saturated rings. The number of hydrogen-bond donors (Lipinski definition) is 1. The quantitative estimate of drug-likeness (QED) is 0.382. The average molecular weight is 514 g/mol. The van der Waals surface area contributed by atoms with Gasteiger partial charge < -0.3 is 19.9 Å². The van der Waals surface area contributed by atoms with Gasteiger partial charge in [-0.25, -0.2) is 0 Å². The van der Waals surface area contributed by atoms with Crippen molar-refractivity contribution in [1.82, 2.24) is 15.1 Å². The fourth-order valence-electron chi connectivity index (χ4n) is 3.93. The zero-order chi connectivity index (χ0) is 20.4. The van der Waals surface area contributed by atoms with Crippen LogP contribution in [0.4, 0.5) is 0 Å². The third-order valence-corrected chi connectivity index (χ3v) is 6.64. The number of rotatable bonds is 4. The van der Waals surface area contributed by atoms with E-state index in [4.69, 9.17) is 4.74 Å². The lowest BCUT2D eigenvalue weighted by Crippen LogP contribution is -2.72. The summed E-state index contributed by atoms with van der Waals surface area (Å²) in [7, 11) is 1.81. The Labute approximate surface area is 192 Å². The van der Waals surface area contributed by atoms with Gasteiger partial charge in [0.05, 0.1) is 19.1 Å². The van der Waals surface area contributed by atoms with Crippen LogP contribution in [0.25, 0.3) is 0 Å². The van der Waals surface area contributed by atoms with Gasteiger partial charge in [0.25, 0.3) is 0 Å². The topological polar surface area (TPSA) is 57.2 Å². The minimum Gasteiger partial charge on any atom is -0.378 e. The predicted octanol–water partition coefficient (Wildman–Crippen LogP) is 2.94. The number of aliphatic imine (C=N–C) groups is 1. The molecule has 1 aromatic carbocycles. The Hall–Kier alpha value is -1.35. The molecule has 1 atom stereocenters. The van der Waals surface area contributed by atoms with Gasteiger partial charge >= 0.3 is 0 Å². The summed E-state index contributed by atoms with van der Waals surface area (Å²) >= 11 is 0. The monoisotopic (exact) mass is 514 g/mol. The molecule has 1 N–H and O–H groups in total. The number of morpholine rings is 1. The molecular formula is C22H35IN4O2. The van der Waals surface area contributed by atoms with Crippen molar-refractivity contribution in [2.24, 2.45) is 10.4 Å². The first-order valence-corrected chi connectivity index (χ1v) is 10.2. The standard InChI is InChI=1S/C22H34N4O2.HI/c1-21(2)16-26(22(21,3)4)20(23-5)24-15-18(17-9-7-6-8-10-17)19(27)25-11-13-28-14-12-25;/h6-10,18H,11-16H2,1-5H3,(H,23,24);1H. The lowest BCUT2D eigenvalue weighted by atomic mass is 9.65. The van der Waals surface area contributed by atoms with Crippen molar-refractivity contribution in [2.75, 3.05) is 46.4 Å². The number of amides is 1. The molecule has 2 heterocycles. The summed E-state index contributed by atoms with van der Waals surface area (Å²) in [4.78, 5) is 22.0. The lowest BCUT2D eigenvalue weighted by molar-refractivity contribution is -0.136. The third kappa shape index (κ3) is 4.87. The second-order valence-electron chi connectivity index (χ2n) is 8.86. The van der Waals surface area contributed by atoms with E-state index in [1.54, 1.807) is 0 Å². The van der Waals surface area contributed by atoms with E-state index >= 15 is 0 Å². The first kappa shape index (κ1) is 23.9. The summed E-state index contributed by atoms with van der Waals surface area (Å²) in [5.41, 5.74) is 1.28. The average Bonchev–Trinajstić information content (AvgIpc) is 2.71. The number of likely N-dealkylation sites (tertiary alicyclic amines) is 1. The number of carbonyl (C=O) groups excluding carboxylic acids is 1. The Morgan fingerprint density at radius 2 is 1.79 bits per heavy atom. The number of nitrogens with zero attached hydrogens (tertiary/aromatic N) is 3. The van der Waals surface area contributed by atoms with E-state index in [0.29, 0.717) is 32.8 Å². The van der Waals surface area contributed by atoms with Crippen LogP contribution in [0.15, 0.2) is 35.3 Å². The van der Waals surface area contributed by atoms with Crippen molar-refractivity contribution in [1.29, 1.82) is 0 Å². The van der Waals surface area contributed by atoms with Crippen LogP contribution in [0.3, 0.4) is 0 Å². The fraction of sp³-hybridized carbons (Fsp3) is 0.636. The van der Waals surface area contributed by atoms with Crippen LogP contribution in [0.1, 0.15) is 39.2 Å². The summed E-state index contributed by atoms with van der Waals surface area (Å²) in [6.45, 7) is 13.1. The molecule has 2 aliphatic rings. The highest BCUT2D eigenvalue weighted by molar-refractivity contribution is 14.0. The molecule has 1 aromatic rings. The summed E-state index contributed by atoms with van der Waals surface area (Å²) in [6, 6.07) is 10.0. The van der Waals surface area contributed by atoms with E-state index in [-0.39, 0.29) is 46.8 Å². The van der Waals surface area contributed by atoms with E-state index in [9.17, 15) is 4.79 Å². The minimum atomic E-state index is -0.242. The molecule has 3 rings (SSSR count). The molecule has 162 valence electrons. The summed E-state index contributed by atoms with van der Waals surface area (Å²) in [6.07, 6.45) is 0. The van der Waals surface area contributed by atoms with Crippen molar-refractivity contribution < 1.29 is 9.53 Å². The smallest absolute Gasteiger partial charge is 0.232 e. The minimum absolute atomic E-state index is 0. The molecule has 1 unspecified atom stereocenters. The molecule has 0 aromatic heterocycles. The maximum absolute atomic E-state index is 13.3. The number of ether oxygens (including phenoxy) is 1. The zero-order valence-corrected chi connectivity index (χ0v) is 20.6. The molecule has 6 nitrogen and oxygen atoms in total. The van der Waals surface area contributed by atoms with Gasteiger partial charge in [-0.1, -0.05) is 44.2 Å². The van der Waals surface area contributed by atoms with E-state index in [1.807, 2.05) is 42.3 Å². The van der Waals surface area contributed by atoms with Crippen LogP contribution < -0.4 is 5.32 Å². The zero-order valence-electron chi connectivity index (χ0n) is 18.3. The van der Waals surface area contributed by atoms with Gasteiger partial charge in [0, 0.05) is 44.2 Å². The Morgan fingerprint density at radius 1 is 1.17 bits per heavy atom. The molecule has 2 saturated heterocycles. The maximum atomic E-state index is 13.3. The lowest BCUT2D eigenvalue weighted by Gasteiger charge is -2.62. The van der Waals surface area contributed by atoms with Crippen molar-refractivity contribution >= 4 is 35.8 Å². The fourth-order valence-corrected chi connectivity index (χ4v) is 3.93. The number of halogens is 1. The van der Waals surface area contributed by atoms with Crippen LogP contribution in [0, 0.1) is 5.41 Å². The molecule has 29 heavy (non-hydrogen) atoms. The highest BCUT2D eigenvalue weighted by atomic mass is 127. The van der Waals surface area contributed by atoms with Gasteiger partial charge in [0.15, 0.2) is 5.96 Å². The van der Waals surface area contributed by atoms with Gasteiger partial charge in [-0.15, -0.1) is 24.0 Å². The Balaban J connectivity index is 0.00000300. The number of nitrogens with one attached hydrogen (secondary N) is 1. The van der Waals surface area contributed by atoms with Gasteiger partial charge in [0.1, 0.15) is 0 Å². The molecule has 7 heteroatoms. The van der Waals surface area contributed by atoms with E-state index in [0.717, 1.165) is 18.1 Å². The Morgan fingerprint density at radius 3 is 2.31 bits per heavy atom. The Bertz CT molecular complexity index is 715. The van der Waals surface area contributed by atoms with Gasteiger partial charge in [-0.05, 0) is 19.4 Å². The maximum Gasteiger partial charge on any atom is 0.232 e. The summed E-state index contributed by atoms with van der Waals surface area (Å²) in [5.74, 6) is 0.772. The molecule has 0 radical (unpaired) electrons. The predicted molar refractivity (Wildman–Crippen MR) is 128 cm³/mol. The van der Waals surface area contributed by atoms with Crippen LogP contribution in [0.2, 0.25) is 0 Å². The number of guanidine groups is 1. The second-order valence-corrected chi connectivity index (χ2v) is 8.86. The van der Waals surface area contributed by atoms with Crippen molar-refractivity contribution in [3.63, 3.8) is 0 Å². The number of benzene rings is 1. The normalized spacial score (nSPS) is 21.6. The molecule has 1 amide bonds. The van der Waals surface area contributed by atoms with E-state index in [1.165, 1.54) is 0 Å². The second kappa shape index (κ2) is 9.64. The van der Waals surface area contributed by atoms with Crippen LogP contribution >= 0.6 is 24.0 Å². The summed E-state index contributed by atoms with van der Waals surface area (Å²) < 4.78 is 5.41. The van der Waals surface area contributed by atoms with Gasteiger partial charge in [-0.3, -0.25) is 9.79 Å². The van der Waals surface area contributed by atoms with Crippen LogP contribution in [-0.2, 0) is 9.53 Å². The van der Waals surface area contributed by atoms with Crippen molar-refractivity contribution in [3.05, 3.63) is 35.9 Å². The van der Waals surface area contributed by atoms with Gasteiger partial charge in [0.2, 0.25) is 5.91 Å². The summed E-state index contributed by atoms with van der Waals surface area (Å²) in [5, 5.41) is 3.48. The first-order chi connectivity index (χ1) is 13.3. The molecule has 0 saturated carbocycles. The van der Waals surface area contributed by atoms with E-state index in [2.05, 4.69) is 42.9 Å². The largest absolute Gasteiger partial charge is 0.378 e. The van der Waals surface area contributed by atoms with Crippen molar-refractivity contribution in [3.8, 4) is 0 Å². The Kier molecular flexibility index (Phi) is 7.95. The molecule has 0 bridgehead atoms. The highest BCUT2D eigenvalue weighted by Gasteiger charge is 2.53. The SMILES string of the molecule is CN=C(NCC(C(=O)N1CCOCC1)c1ccccc1)N1CC(C)(C)C1(C)C.I. The molecule has 0 spiro atoms. The van der Waals surface area contributed by atoms with Gasteiger partial charge in [-0.2, -0.15) is 0 Å². The molecular weight excluding hydrogens is 479 g/mol.